The Kier molecular flexibility index (Phi) is 6.64. The van der Waals surface area contributed by atoms with Crippen LogP contribution in [0.4, 0.5) is 5.82 Å². The number of aryl methyl sites for hydroxylation is 1. The molecule has 1 N–H and O–H groups in total. The molecule has 3 rings (SSSR count). The largest absolute Gasteiger partial charge is 0.497 e. The highest BCUT2D eigenvalue weighted by Gasteiger charge is 2.21. The van der Waals surface area contributed by atoms with Gasteiger partial charge in [-0.15, -0.1) is 0 Å². The van der Waals surface area contributed by atoms with Crippen LogP contribution in [0.5, 0.6) is 5.75 Å². The third-order valence-corrected chi connectivity index (χ3v) is 4.94. The molecule has 8 nitrogen and oxygen atoms in total. The van der Waals surface area contributed by atoms with Crippen LogP contribution in [0.15, 0.2) is 30.3 Å². The molecule has 0 aliphatic carbocycles. The molecule has 0 unspecified atom stereocenters. The number of anilines is 1. The van der Waals surface area contributed by atoms with Gasteiger partial charge in [-0.3, -0.25) is 9.59 Å². The summed E-state index contributed by atoms with van der Waals surface area (Å²) in [5, 5.41) is 2.92. The minimum absolute atomic E-state index is 0.0830. The zero-order valence-electron chi connectivity index (χ0n) is 17.1. The number of hydrogen-bond donors (Lipinski definition) is 1. The van der Waals surface area contributed by atoms with E-state index in [9.17, 15) is 9.59 Å². The molecule has 1 fully saturated rings. The molecule has 0 radical (unpaired) electrons. The number of rotatable bonds is 6. The summed E-state index contributed by atoms with van der Waals surface area (Å²) < 4.78 is 5.22. The summed E-state index contributed by atoms with van der Waals surface area (Å²) in [4.78, 5) is 36.8. The Morgan fingerprint density at radius 2 is 1.90 bits per heavy atom. The Hall–Kier alpha value is -3.16. The molecule has 8 heteroatoms. The number of carbonyl (C=O) groups excluding carboxylic acids is 2. The zero-order chi connectivity index (χ0) is 20.8. The van der Waals surface area contributed by atoms with Crippen LogP contribution in [0.3, 0.4) is 0 Å². The molecule has 1 aromatic carbocycles. The fourth-order valence-corrected chi connectivity index (χ4v) is 3.32. The average molecular weight is 397 g/mol. The molecule has 1 aliphatic rings. The van der Waals surface area contributed by atoms with E-state index in [0.29, 0.717) is 50.7 Å². The second-order valence-electron chi connectivity index (χ2n) is 7.01. The molecule has 29 heavy (non-hydrogen) atoms. The minimum Gasteiger partial charge on any atom is -0.497 e. The Labute approximate surface area is 170 Å². The number of methoxy groups -OCH3 is 1. The standard InChI is InChI=1S/C21H27N5O3/c1-15-23-19(14-20(24-15)26-11-9-25(10-12-26)16(2)27)21(28)22-8-7-17-5-4-6-18(13-17)29-3/h4-6,13-14H,7-12H2,1-3H3,(H,22,28). The van der Waals surface area contributed by atoms with Crippen molar-refractivity contribution in [2.45, 2.75) is 20.3 Å². The van der Waals surface area contributed by atoms with Gasteiger partial charge >= 0.3 is 0 Å². The third-order valence-electron chi connectivity index (χ3n) is 4.94. The van der Waals surface area contributed by atoms with Gasteiger partial charge in [-0.2, -0.15) is 0 Å². The second kappa shape index (κ2) is 9.36. The minimum atomic E-state index is -0.220. The summed E-state index contributed by atoms with van der Waals surface area (Å²) in [5.74, 6) is 1.93. The lowest BCUT2D eigenvalue weighted by molar-refractivity contribution is -0.129. The first-order valence-electron chi connectivity index (χ1n) is 9.73. The van der Waals surface area contributed by atoms with Gasteiger partial charge in [0.25, 0.3) is 5.91 Å². The first-order valence-corrected chi connectivity index (χ1v) is 9.73. The molecular weight excluding hydrogens is 370 g/mol. The maximum atomic E-state index is 12.6. The van der Waals surface area contributed by atoms with Gasteiger partial charge in [-0.1, -0.05) is 12.1 Å². The molecule has 0 spiro atoms. The van der Waals surface area contributed by atoms with Crippen LogP contribution in [0.1, 0.15) is 28.8 Å². The van der Waals surface area contributed by atoms with Gasteiger partial charge in [0.05, 0.1) is 7.11 Å². The number of benzene rings is 1. The molecule has 1 aliphatic heterocycles. The van der Waals surface area contributed by atoms with Gasteiger partial charge in [0.15, 0.2) is 0 Å². The van der Waals surface area contributed by atoms with Gasteiger partial charge in [0.2, 0.25) is 5.91 Å². The van der Waals surface area contributed by atoms with E-state index >= 15 is 0 Å². The number of carbonyl (C=O) groups is 2. The van der Waals surface area contributed by atoms with Crippen molar-refractivity contribution in [3.8, 4) is 5.75 Å². The maximum Gasteiger partial charge on any atom is 0.270 e. The predicted octanol–water partition coefficient (Wildman–Crippen LogP) is 1.43. The van der Waals surface area contributed by atoms with Crippen molar-refractivity contribution in [2.75, 3.05) is 44.7 Å². The van der Waals surface area contributed by atoms with E-state index in [1.807, 2.05) is 29.2 Å². The maximum absolute atomic E-state index is 12.6. The van der Waals surface area contributed by atoms with Gasteiger partial charge in [0, 0.05) is 45.7 Å². The van der Waals surface area contributed by atoms with E-state index in [0.717, 1.165) is 17.1 Å². The van der Waals surface area contributed by atoms with Crippen LogP contribution in [-0.4, -0.2) is 66.5 Å². The van der Waals surface area contributed by atoms with Crippen LogP contribution in [0.25, 0.3) is 0 Å². The summed E-state index contributed by atoms with van der Waals surface area (Å²) in [6.07, 6.45) is 0.701. The van der Waals surface area contributed by atoms with Gasteiger partial charge < -0.3 is 19.9 Å². The number of ether oxygens (including phenoxy) is 1. The Morgan fingerprint density at radius 1 is 1.14 bits per heavy atom. The molecule has 2 aromatic rings. The van der Waals surface area contributed by atoms with Crippen LogP contribution in [-0.2, 0) is 11.2 Å². The first kappa shape index (κ1) is 20.6. The lowest BCUT2D eigenvalue weighted by Crippen LogP contribution is -2.48. The Balaban J connectivity index is 1.60. The molecule has 1 saturated heterocycles. The van der Waals surface area contributed by atoms with E-state index in [4.69, 9.17) is 4.74 Å². The number of piperazine rings is 1. The van der Waals surface area contributed by atoms with Crippen molar-refractivity contribution in [3.63, 3.8) is 0 Å². The normalized spacial score (nSPS) is 13.9. The van der Waals surface area contributed by atoms with Crippen molar-refractivity contribution in [2.24, 2.45) is 0 Å². The van der Waals surface area contributed by atoms with Crippen molar-refractivity contribution in [1.29, 1.82) is 0 Å². The summed E-state index contributed by atoms with van der Waals surface area (Å²) >= 11 is 0. The molecule has 1 aromatic heterocycles. The van der Waals surface area contributed by atoms with Crippen LogP contribution < -0.4 is 15.0 Å². The molecule has 154 valence electrons. The highest BCUT2D eigenvalue weighted by atomic mass is 16.5. The SMILES string of the molecule is COc1cccc(CCNC(=O)c2cc(N3CCN(C(C)=O)CC3)nc(C)n2)c1. The molecule has 2 amide bonds. The Morgan fingerprint density at radius 3 is 2.59 bits per heavy atom. The monoisotopic (exact) mass is 397 g/mol. The van der Waals surface area contributed by atoms with Crippen LogP contribution in [0, 0.1) is 6.92 Å². The third kappa shape index (κ3) is 5.43. The predicted molar refractivity (Wildman–Crippen MR) is 110 cm³/mol. The van der Waals surface area contributed by atoms with Crippen molar-refractivity contribution >= 4 is 17.6 Å². The number of amides is 2. The summed E-state index contributed by atoms with van der Waals surface area (Å²) in [7, 11) is 1.63. The van der Waals surface area contributed by atoms with Crippen molar-refractivity contribution < 1.29 is 14.3 Å². The van der Waals surface area contributed by atoms with Gasteiger partial charge in [0.1, 0.15) is 23.1 Å². The van der Waals surface area contributed by atoms with Gasteiger partial charge in [-0.05, 0) is 31.0 Å². The highest BCUT2D eigenvalue weighted by Crippen LogP contribution is 2.16. The number of nitrogens with zero attached hydrogens (tertiary/aromatic N) is 4. The number of hydrogen-bond acceptors (Lipinski definition) is 6. The first-order chi connectivity index (χ1) is 14.0. The van der Waals surface area contributed by atoms with Crippen molar-refractivity contribution in [3.05, 3.63) is 47.4 Å². The second-order valence-corrected chi connectivity index (χ2v) is 7.01. The summed E-state index contributed by atoms with van der Waals surface area (Å²) in [6.45, 7) is 6.54. The lowest BCUT2D eigenvalue weighted by atomic mass is 10.1. The molecule has 2 heterocycles. The molecule has 0 bridgehead atoms. The van der Waals surface area contributed by atoms with Crippen LogP contribution in [0.2, 0.25) is 0 Å². The highest BCUT2D eigenvalue weighted by molar-refractivity contribution is 5.93. The smallest absolute Gasteiger partial charge is 0.270 e. The summed E-state index contributed by atoms with van der Waals surface area (Å²) in [6, 6.07) is 9.50. The quantitative estimate of drug-likeness (QED) is 0.794. The topological polar surface area (TPSA) is 87.7 Å². The fourth-order valence-electron chi connectivity index (χ4n) is 3.32. The Bertz CT molecular complexity index is 878. The molecule has 0 saturated carbocycles. The van der Waals surface area contributed by atoms with Crippen molar-refractivity contribution in [1.82, 2.24) is 20.2 Å². The lowest BCUT2D eigenvalue weighted by Gasteiger charge is -2.35. The van der Waals surface area contributed by atoms with Crippen LogP contribution >= 0.6 is 0 Å². The van der Waals surface area contributed by atoms with E-state index in [2.05, 4.69) is 20.2 Å². The molecule has 0 atom stereocenters. The molecular formula is C21H27N5O3. The number of aromatic nitrogens is 2. The zero-order valence-corrected chi connectivity index (χ0v) is 17.1. The van der Waals surface area contributed by atoms with E-state index in [1.54, 1.807) is 27.0 Å². The summed E-state index contributed by atoms with van der Waals surface area (Å²) in [5.41, 5.74) is 1.44. The fraction of sp³-hybridized carbons (Fsp3) is 0.429. The van der Waals surface area contributed by atoms with E-state index in [-0.39, 0.29) is 11.8 Å². The van der Waals surface area contributed by atoms with E-state index in [1.165, 1.54) is 0 Å². The average Bonchev–Trinajstić information content (AvgIpc) is 2.73. The van der Waals surface area contributed by atoms with E-state index < -0.39 is 0 Å². The number of nitrogens with one attached hydrogen (secondary N) is 1. The van der Waals surface area contributed by atoms with Gasteiger partial charge in [-0.25, -0.2) is 9.97 Å².